The number of likely N-dealkylation sites (N-methyl/N-ethyl adjacent to an activating group) is 1. The van der Waals surface area contributed by atoms with Crippen molar-refractivity contribution in [2.24, 2.45) is 0 Å². The van der Waals surface area contributed by atoms with E-state index >= 15 is 0 Å². The highest BCUT2D eigenvalue weighted by Crippen LogP contribution is 2.24. The van der Waals surface area contributed by atoms with Gasteiger partial charge in [-0.15, -0.1) is 0 Å². The largest absolute Gasteiger partial charge is 0.471 e. The normalized spacial score (nSPS) is 23.9. The first-order chi connectivity index (χ1) is 8.76. The number of hydrogen-bond donors (Lipinski definition) is 1. The van der Waals surface area contributed by atoms with Gasteiger partial charge >= 0.3 is 0 Å². The van der Waals surface area contributed by atoms with Crippen LogP contribution in [0.4, 0.5) is 4.39 Å². The van der Waals surface area contributed by atoms with E-state index in [9.17, 15) is 4.39 Å². The van der Waals surface area contributed by atoms with Crippen molar-refractivity contribution in [3.8, 4) is 5.88 Å². The molecule has 1 N–H and O–H groups in total. The molecule has 2 rings (SSSR count). The van der Waals surface area contributed by atoms with Crippen molar-refractivity contribution in [3.63, 3.8) is 0 Å². The molecule has 0 aromatic carbocycles. The number of hydrogen-bond acceptors (Lipinski definition) is 4. The molecular formula is C13H20FN3O. The lowest BCUT2D eigenvalue weighted by Crippen LogP contribution is -2.43. The molecule has 18 heavy (non-hydrogen) atoms. The summed E-state index contributed by atoms with van der Waals surface area (Å²) in [7, 11) is 1.92. The highest BCUT2D eigenvalue weighted by Gasteiger charge is 2.27. The van der Waals surface area contributed by atoms with Gasteiger partial charge in [-0.1, -0.05) is 13.3 Å². The Balaban J connectivity index is 2.12. The van der Waals surface area contributed by atoms with E-state index in [4.69, 9.17) is 4.74 Å². The fourth-order valence-corrected chi connectivity index (χ4v) is 2.43. The quantitative estimate of drug-likeness (QED) is 0.892. The Morgan fingerprint density at radius 1 is 1.39 bits per heavy atom. The van der Waals surface area contributed by atoms with Gasteiger partial charge in [0, 0.05) is 6.04 Å². The molecule has 1 aliphatic carbocycles. The third kappa shape index (κ3) is 2.77. The number of rotatable bonds is 4. The number of nitrogens with one attached hydrogen (secondary N) is 1. The number of aromatic nitrogens is 2. The van der Waals surface area contributed by atoms with Crippen LogP contribution in [0.15, 0.2) is 6.33 Å². The van der Waals surface area contributed by atoms with Gasteiger partial charge in [-0.25, -0.2) is 4.98 Å². The lowest BCUT2D eigenvalue weighted by Gasteiger charge is -2.31. The minimum atomic E-state index is -0.416. The Morgan fingerprint density at radius 3 is 2.89 bits per heavy atom. The lowest BCUT2D eigenvalue weighted by molar-refractivity contribution is 0.107. The van der Waals surface area contributed by atoms with Crippen molar-refractivity contribution >= 4 is 0 Å². The smallest absolute Gasteiger partial charge is 0.254 e. The van der Waals surface area contributed by atoms with Gasteiger partial charge in [0.1, 0.15) is 12.4 Å². The first-order valence-electron chi connectivity index (χ1n) is 6.59. The molecule has 100 valence electrons. The second-order valence-corrected chi connectivity index (χ2v) is 4.63. The Labute approximate surface area is 107 Å². The minimum absolute atomic E-state index is 0.00199. The molecule has 0 bridgehead atoms. The molecule has 5 heteroatoms. The monoisotopic (exact) mass is 253 g/mol. The minimum Gasteiger partial charge on any atom is -0.471 e. The first kappa shape index (κ1) is 13.2. The van der Waals surface area contributed by atoms with Crippen LogP contribution in [0.2, 0.25) is 0 Å². The van der Waals surface area contributed by atoms with Crippen LogP contribution < -0.4 is 10.1 Å². The summed E-state index contributed by atoms with van der Waals surface area (Å²) in [6.07, 6.45) is 6.23. The van der Waals surface area contributed by atoms with Gasteiger partial charge in [0.05, 0.1) is 5.69 Å². The molecule has 0 radical (unpaired) electrons. The molecule has 1 aromatic heterocycles. The van der Waals surface area contributed by atoms with E-state index in [0.29, 0.717) is 12.1 Å². The summed E-state index contributed by atoms with van der Waals surface area (Å²) in [5, 5.41) is 3.23. The molecule has 1 aliphatic rings. The van der Waals surface area contributed by atoms with Crippen LogP contribution in [0, 0.1) is 5.82 Å². The zero-order valence-electron chi connectivity index (χ0n) is 10.9. The molecule has 2 unspecified atom stereocenters. The molecule has 1 heterocycles. The number of aryl methyl sites for hydroxylation is 1. The maximum absolute atomic E-state index is 14.0. The number of ether oxygens (including phenoxy) is 1. The van der Waals surface area contributed by atoms with Crippen LogP contribution in [0.3, 0.4) is 0 Å². The highest BCUT2D eigenvalue weighted by molar-refractivity contribution is 5.17. The van der Waals surface area contributed by atoms with E-state index in [1.807, 2.05) is 14.0 Å². The van der Waals surface area contributed by atoms with Gasteiger partial charge in [0.15, 0.2) is 0 Å². The first-order valence-corrected chi connectivity index (χ1v) is 6.59. The van der Waals surface area contributed by atoms with Gasteiger partial charge in [-0.05, 0) is 32.7 Å². The van der Waals surface area contributed by atoms with Crippen LogP contribution in [-0.4, -0.2) is 29.2 Å². The van der Waals surface area contributed by atoms with E-state index in [1.165, 1.54) is 12.7 Å². The molecule has 0 amide bonds. The molecule has 0 saturated heterocycles. The van der Waals surface area contributed by atoms with E-state index in [1.54, 1.807) is 0 Å². The SMILES string of the molecule is CCc1ncnc(OC2CCCCC2NC)c1F. The van der Waals surface area contributed by atoms with Crippen LogP contribution in [-0.2, 0) is 6.42 Å². The van der Waals surface area contributed by atoms with Crippen molar-refractivity contribution in [3.05, 3.63) is 17.8 Å². The Hall–Kier alpha value is -1.23. The van der Waals surface area contributed by atoms with E-state index in [-0.39, 0.29) is 18.0 Å². The zero-order chi connectivity index (χ0) is 13.0. The highest BCUT2D eigenvalue weighted by atomic mass is 19.1. The average molecular weight is 253 g/mol. The molecule has 0 spiro atoms. The predicted molar refractivity (Wildman–Crippen MR) is 67.1 cm³/mol. The summed E-state index contributed by atoms with van der Waals surface area (Å²) in [5.41, 5.74) is 0.414. The van der Waals surface area contributed by atoms with Crippen LogP contribution >= 0.6 is 0 Å². The summed E-state index contributed by atoms with van der Waals surface area (Å²) in [5.74, 6) is -0.325. The van der Waals surface area contributed by atoms with Gasteiger partial charge in [0.25, 0.3) is 5.88 Å². The second-order valence-electron chi connectivity index (χ2n) is 4.63. The molecule has 2 atom stereocenters. The summed E-state index contributed by atoms with van der Waals surface area (Å²) in [4.78, 5) is 7.82. The lowest BCUT2D eigenvalue weighted by atomic mass is 9.92. The summed E-state index contributed by atoms with van der Waals surface area (Å²) < 4.78 is 19.7. The third-order valence-corrected chi connectivity index (χ3v) is 3.50. The maximum atomic E-state index is 14.0. The number of nitrogens with zero attached hydrogens (tertiary/aromatic N) is 2. The molecule has 0 aliphatic heterocycles. The fraction of sp³-hybridized carbons (Fsp3) is 0.692. The van der Waals surface area contributed by atoms with Crippen molar-refractivity contribution in [1.82, 2.24) is 15.3 Å². The zero-order valence-corrected chi connectivity index (χ0v) is 10.9. The van der Waals surface area contributed by atoms with E-state index < -0.39 is 5.82 Å². The van der Waals surface area contributed by atoms with Gasteiger partial charge < -0.3 is 10.1 Å². The summed E-state index contributed by atoms with van der Waals surface area (Å²) >= 11 is 0. The summed E-state index contributed by atoms with van der Waals surface area (Å²) in [6.45, 7) is 1.87. The molecular weight excluding hydrogens is 233 g/mol. The van der Waals surface area contributed by atoms with Crippen LogP contribution in [0.1, 0.15) is 38.3 Å². The average Bonchev–Trinajstić information content (AvgIpc) is 2.42. The van der Waals surface area contributed by atoms with E-state index in [0.717, 1.165) is 19.3 Å². The molecule has 1 aromatic rings. The van der Waals surface area contributed by atoms with Crippen LogP contribution in [0.5, 0.6) is 5.88 Å². The fourth-order valence-electron chi connectivity index (χ4n) is 2.43. The van der Waals surface area contributed by atoms with Gasteiger partial charge in [0.2, 0.25) is 5.82 Å². The number of halogens is 1. The van der Waals surface area contributed by atoms with Crippen molar-refractivity contribution in [2.45, 2.75) is 51.2 Å². The maximum Gasteiger partial charge on any atom is 0.254 e. The van der Waals surface area contributed by atoms with E-state index in [2.05, 4.69) is 15.3 Å². The molecule has 4 nitrogen and oxygen atoms in total. The van der Waals surface area contributed by atoms with Crippen LogP contribution in [0.25, 0.3) is 0 Å². The van der Waals surface area contributed by atoms with Gasteiger partial charge in [-0.2, -0.15) is 9.37 Å². The predicted octanol–water partition coefficient (Wildman–Crippen LogP) is 2.09. The third-order valence-electron chi connectivity index (χ3n) is 3.50. The Bertz CT molecular complexity index is 400. The van der Waals surface area contributed by atoms with Gasteiger partial charge in [-0.3, -0.25) is 0 Å². The Kier molecular flexibility index (Phi) is 4.47. The standard InChI is InChI=1S/C13H20FN3O/c1-3-9-12(14)13(17-8-16-9)18-11-7-5-4-6-10(11)15-2/h8,10-11,15H,3-7H2,1-2H3. The Morgan fingerprint density at radius 2 is 2.17 bits per heavy atom. The summed E-state index contributed by atoms with van der Waals surface area (Å²) in [6, 6.07) is 0.276. The molecule has 1 fully saturated rings. The molecule has 1 saturated carbocycles. The second kappa shape index (κ2) is 6.09. The topological polar surface area (TPSA) is 47.0 Å². The van der Waals surface area contributed by atoms with Crippen molar-refractivity contribution < 1.29 is 9.13 Å². The van der Waals surface area contributed by atoms with Crippen molar-refractivity contribution in [2.75, 3.05) is 7.05 Å². The van der Waals surface area contributed by atoms with Crippen molar-refractivity contribution in [1.29, 1.82) is 0 Å².